The van der Waals surface area contributed by atoms with E-state index in [9.17, 15) is 0 Å². The Hall–Kier alpha value is -9.50. The minimum absolute atomic E-state index is 1.08. The largest absolute Gasteiger partial charge is 0.311 e. The number of fused-ring (bicyclic) bond motifs is 3. The number of hydrogen-bond acceptors (Lipinski definition) is 2. The smallest absolute Gasteiger partial charge is 0.0462 e. The van der Waals surface area contributed by atoms with E-state index in [-0.39, 0.29) is 0 Å². The second-order valence-electron chi connectivity index (χ2n) is 18.1. The first-order valence-corrected chi connectivity index (χ1v) is 24.7. The van der Waals surface area contributed by atoms with Gasteiger partial charge in [-0.25, -0.2) is 0 Å². The molecule has 0 aliphatic carbocycles. The van der Waals surface area contributed by atoms with Crippen molar-refractivity contribution >= 4 is 90.7 Å². The average Bonchev–Trinajstić information content (AvgIpc) is 3.45. The van der Waals surface area contributed by atoms with Gasteiger partial charge in [0.05, 0.1) is 0 Å². The van der Waals surface area contributed by atoms with Crippen LogP contribution < -0.4 is 9.80 Å². The van der Waals surface area contributed by atoms with E-state index in [0.717, 1.165) is 45.3 Å². The van der Waals surface area contributed by atoms with Crippen molar-refractivity contribution in [3.8, 4) is 22.3 Å². The molecule has 12 aromatic rings. The molecule has 0 aliphatic heterocycles. The lowest BCUT2D eigenvalue weighted by Crippen LogP contribution is -2.09. The van der Waals surface area contributed by atoms with Crippen LogP contribution in [0.4, 0.5) is 34.1 Å². The van der Waals surface area contributed by atoms with Crippen LogP contribution in [0.5, 0.6) is 0 Å². The molecule has 0 atom stereocenters. The van der Waals surface area contributed by atoms with E-state index in [0.29, 0.717) is 0 Å². The average molecular weight is 919 g/mol. The van der Waals surface area contributed by atoms with Gasteiger partial charge in [0.25, 0.3) is 0 Å². The van der Waals surface area contributed by atoms with Crippen molar-refractivity contribution in [2.75, 3.05) is 9.80 Å². The fraction of sp³-hybridized carbons (Fsp3) is 0. The highest BCUT2D eigenvalue weighted by Crippen LogP contribution is 2.47. The van der Waals surface area contributed by atoms with E-state index < -0.39 is 0 Å². The second kappa shape index (κ2) is 19.8. The molecule has 0 spiro atoms. The zero-order valence-corrected chi connectivity index (χ0v) is 39.8. The summed E-state index contributed by atoms with van der Waals surface area (Å²) >= 11 is 0. The van der Waals surface area contributed by atoms with Gasteiger partial charge in [0.15, 0.2) is 0 Å². The summed E-state index contributed by atoms with van der Waals surface area (Å²) in [4.78, 5) is 4.67. The Morgan fingerprint density at radius 1 is 0.208 bits per heavy atom. The number of benzene rings is 12. The zero-order chi connectivity index (χ0) is 48.1. The molecule has 0 N–H and O–H groups in total. The topological polar surface area (TPSA) is 6.48 Å². The van der Waals surface area contributed by atoms with Crippen molar-refractivity contribution in [1.29, 1.82) is 0 Å². The third-order valence-corrected chi connectivity index (χ3v) is 13.6. The molecule has 0 saturated carbocycles. The summed E-state index contributed by atoms with van der Waals surface area (Å²) in [6, 6.07) is 101. The van der Waals surface area contributed by atoms with Gasteiger partial charge in [0.1, 0.15) is 0 Å². The summed E-state index contributed by atoms with van der Waals surface area (Å²) in [7, 11) is 0. The van der Waals surface area contributed by atoms with E-state index in [4.69, 9.17) is 0 Å². The quantitative estimate of drug-likeness (QED) is 0.0890. The Balaban J connectivity index is 0.958. The molecule has 340 valence electrons. The van der Waals surface area contributed by atoms with E-state index in [1.807, 2.05) is 0 Å². The molecule has 0 aromatic heterocycles. The monoisotopic (exact) mass is 918 g/mol. The molecule has 12 rings (SSSR count). The molecular weight excluding hydrogens is 869 g/mol. The van der Waals surface area contributed by atoms with Gasteiger partial charge in [0, 0.05) is 34.1 Å². The summed E-state index contributed by atoms with van der Waals surface area (Å²) in [6.07, 6.45) is 8.68. The molecule has 2 heteroatoms. The molecule has 0 heterocycles. The van der Waals surface area contributed by atoms with Crippen molar-refractivity contribution in [3.05, 3.63) is 301 Å². The first-order valence-electron chi connectivity index (χ1n) is 24.7. The van der Waals surface area contributed by atoms with Crippen molar-refractivity contribution in [3.63, 3.8) is 0 Å². The Kier molecular flexibility index (Phi) is 12.1. The first-order chi connectivity index (χ1) is 35.7. The number of anilines is 6. The summed E-state index contributed by atoms with van der Waals surface area (Å²) < 4.78 is 0. The van der Waals surface area contributed by atoms with Crippen LogP contribution in [0.25, 0.3) is 78.9 Å². The molecule has 0 bridgehead atoms. The second-order valence-corrected chi connectivity index (χ2v) is 18.1. The highest BCUT2D eigenvalue weighted by Gasteiger charge is 2.20. The standard InChI is InChI=1S/C70H50N2/c1-5-17-51(18-6-1)29-31-53-33-41-61(42-34-53)72(62-43-35-54(36-44-62)32-30-52-19-7-2-8-20-52)64-47-39-56(40-48-64)70-66-28-16-15-27-65(66)69(67-49-57-21-13-14-22-58(57)50-68(67)70)55-37-45-63(46-38-55)71(59-23-9-3-10-24-59)60-25-11-4-12-26-60/h1-50H/b31-29+,32-30+. The summed E-state index contributed by atoms with van der Waals surface area (Å²) in [5.74, 6) is 0. The Labute approximate surface area is 422 Å². The Morgan fingerprint density at radius 2 is 0.472 bits per heavy atom. The van der Waals surface area contributed by atoms with Gasteiger partial charge in [-0.2, -0.15) is 0 Å². The summed E-state index contributed by atoms with van der Waals surface area (Å²) in [6.45, 7) is 0. The minimum Gasteiger partial charge on any atom is -0.311 e. The first kappa shape index (κ1) is 43.8. The SMILES string of the molecule is C(=C\c1ccc(N(c2ccc(/C=C/c3ccccc3)cc2)c2ccc(-c3c4ccccc4c(-c4ccc(N(c5ccccc5)c5ccccc5)cc4)c4cc5ccccc5cc34)cc2)cc1)/c1ccccc1. The predicted octanol–water partition coefficient (Wildman–Crippen LogP) is 19.8. The van der Waals surface area contributed by atoms with Gasteiger partial charge in [0.2, 0.25) is 0 Å². The normalized spacial score (nSPS) is 11.5. The third-order valence-electron chi connectivity index (χ3n) is 13.6. The summed E-state index contributed by atoms with van der Waals surface area (Å²) in [5, 5.41) is 7.34. The van der Waals surface area contributed by atoms with Crippen LogP contribution in [0.15, 0.2) is 279 Å². The summed E-state index contributed by atoms with van der Waals surface area (Å²) in [5.41, 5.74) is 16.0. The lowest BCUT2D eigenvalue weighted by molar-refractivity contribution is 1.28. The number of nitrogens with zero attached hydrogens (tertiary/aromatic N) is 2. The lowest BCUT2D eigenvalue weighted by Gasteiger charge is -2.26. The van der Waals surface area contributed by atoms with Crippen molar-refractivity contribution < 1.29 is 0 Å². The maximum Gasteiger partial charge on any atom is 0.0462 e. The maximum atomic E-state index is 2.40. The molecule has 2 nitrogen and oxygen atoms in total. The molecular formula is C70H50N2. The molecule has 0 radical (unpaired) electrons. The molecule has 72 heavy (non-hydrogen) atoms. The predicted molar refractivity (Wildman–Crippen MR) is 310 cm³/mol. The van der Waals surface area contributed by atoms with E-state index in [1.54, 1.807) is 0 Å². The van der Waals surface area contributed by atoms with Crippen molar-refractivity contribution in [2.24, 2.45) is 0 Å². The third kappa shape index (κ3) is 8.97. The van der Waals surface area contributed by atoms with Gasteiger partial charge < -0.3 is 9.80 Å². The van der Waals surface area contributed by atoms with Crippen molar-refractivity contribution in [1.82, 2.24) is 0 Å². The highest BCUT2D eigenvalue weighted by atomic mass is 15.1. The minimum atomic E-state index is 1.08. The van der Waals surface area contributed by atoms with Crippen LogP contribution in [0.2, 0.25) is 0 Å². The fourth-order valence-corrected chi connectivity index (χ4v) is 10.1. The van der Waals surface area contributed by atoms with Gasteiger partial charge in [-0.05, 0) is 162 Å². The number of rotatable bonds is 12. The van der Waals surface area contributed by atoms with Crippen LogP contribution in [0.3, 0.4) is 0 Å². The van der Waals surface area contributed by atoms with Crippen LogP contribution in [0.1, 0.15) is 22.3 Å². The highest BCUT2D eigenvalue weighted by molar-refractivity contribution is 6.23. The molecule has 0 amide bonds. The van der Waals surface area contributed by atoms with Crippen LogP contribution in [0, 0.1) is 0 Å². The van der Waals surface area contributed by atoms with Gasteiger partial charge in [-0.15, -0.1) is 0 Å². The van der Waals surface area contributed by atoms with E-state index >= 15 is 0 Å². The number of para-hydroxylation sites is 2. The molecule has 0 aliphatic rings. The van der Waals surface area contributed by atoms with Gasteiger partial charge in [-0.1, -0.05) is 218 Å². The zero-order valence-electron chi connectivity index (χ0n) is 39.8. The molecule has 0 saturated heterocycles. The Bertz CT molecular complexity index is 3710. The Morgan fingerprint density at radius 3 is 0.819 bits per heavy atom. The lowest BCUT2D eigenvalue weighted by atomic mass is 9.85. The fourth-order valence-electron chi connectivity index (χ4n) is 10.1. The maximum absolute atomic E-state index is 2.40. The van der Waals surface area contributed by atoms with Crippen LogP contribution in [-0.2, 0) is 0 Å². The van der Waals surface area contributed by atoms with Gasteiger partial charge >= 0.3 is 0 Å². The van der Waals surface area contributed by atoms with E-state index in [2.05, 4.69) is 313 Å². The molecule has 0 unspecified atom stereocenters. The van der Waals surface area contributed by atoms with E-state index in [1.165, 1.54) is 65.7 Å². The van der Waals surface area contributed by atoms with Crippen molar-refractivity contribution in [2.45, 2.75) is 0 Å². The molecule has 12 aromatic carbocycles. The van der Waals surface area contributed by atoms with Crippen LogP contribution in [-0.4, -0.2) is 0 Å². The van der Waals surface area contributed by atoms with Crippen LogP contribution >= 0.6 is 0 Å². The number of hydrogen-bond donors (Lipinski definition) is 0. The van der Waals surface area contributed by atoms with Gasteiger partial charge in [-0.3, -0.25) is 0 Å². The molecule has 0 fully saturated rings.